The predicted molar refractivity (Wildman–Crippen MR) is 115 cm³/mol. The molecule has 160 valence electrons. The Bertz CT molecular complexity index is 1250. The number of aromatic nitrogens is 4. The van der Waals surface area contributed by atoms with Gasteiger partial charge in [0.2, 0.25) is 0 Å². The van der Waals surface area contributed by atoms with Crippen LogP contribution >= 0.6 is 11.3 Å². The molecule has 0 aliphatic heterocycles. The van der Waals surface area contributed by atoms with Crippen molar-refractivity contribution < 1.29 is 18.3 Å². The number of hydrogen-bond acceptors (Lipinski definition) is 6. The van der Waals surface area contributed by atoms with E-state index in [1.54, 1.807) is 47.4 Å². The maximum atomic E-state index is 12.8. The van der Waals surface area contributed by atoms with Crippen molar-refractivity contribution in [1.82, 2.24) is 19.7 Å². The molecule has 3 heterocycles. The van der Waals surface area contributed by atoms with Crippen molar-refractivity contribution in [2.45, 2.75) is 33.4 Å². The lowest BCUT2D eigenvalue weighted by atomic mass is 10.1. The Morgan fingerprint density at radius 1 is 1.23 bits per heavy atom. The van der Waals surface area contributed by atoms with Gasteiger partial charge in [-0.15, -0.1) is 11.3 Å². The van der Waals surface area contributed by atoms with E-state index in [0.29, 0.717) is 27.6 Å². The molecular weight excluding hydrogens is 424 g/mol. The summed E-state index contributed by atoms with van der Waals surface area (Å²) >= 11 is 1.19. The lowest BCUT2D eigenvalue weighted by Gasteiger charge is -2.09. The minimum absolute atomic E-state index is 0.0216. The summed E-state index contributed by atoms with van der Waals surface area (Å²) in [5.41, 5.74) is 2.55. The van der Waals surface area contributed by atoms with E-state index in [4.69, 9.17) is 0 Å². The average Bonchev–Trinajstić information content (AvgIpc) is 3.34. The maximum absolute atomic E-state index is 12.8. The summed E-state index contributed by atoms with van der Waals surface area (Å²) in [4.78, 5) is 21.7. The molecular formula is C21H19F2N5O2S. The molecule has 0 spiro atoms. The first-order valence-electron chi connectivity index (χ1n) is 9.49. The molecule has 4 aromatic rings. The topological polar surface area (TPSA) is 81.9 Å². The van der Waals surface area contributed by atoms with Gasteiger partial charge in [0, 0.05) is 22.4 Å². The first-order chi connectivity index (χ1) is 14.8. The van der Waals surface area contributed by atoms with Gasteiger partial charge in [0.05, 0.1) is 23.1 Å². The van der Waals surface area contributed by atoms with E-state index in [0.717, 1.165) is 11.0 Å². The zero-order valence-electron chi connectivity index (χ0n) is 17.0. The number of aryl methyl sites for hydroxylation is 1. The molecule has 1 N–H and O–H groups in total. The monoisotopic (exact) mass is 443 g/mol. The minimum Gasteiger partial charge on any atom is -0.434 e. The van der Waals surface area contributed by atoms with E-state index >= 15 is 0 Å². The fourth-order valence-corrected chi connectivity index (χ4v) is 3.88. The normalized spacial score (nSPS) is 11.5. The van der Waals surface area contributed by atoms with Gasteiger partial charge >= 0.3 is 6.61 Å². The number of benzene rings is 1. The van der Waals surface area contributed by atoms with Crippen molar-refractivity contribution in [3.63, 3.8) is 0 Å². The third kappa shape index (κ3) is 4.24. The summed E-state index contributed by atoms with van der Waals surface area (Å²) in [5, 5.41) is 9.86. The fraction of sp³-hybridized carbons (Fsp3) is 0.238. The molecule has 31 heavy (non-hydrogen) atoms. The lowest BCUT2D eigenvalue weighted by Crippen LogP contribution is -2.14. The number of halogens is 2. The van der Waals surface area contributed by atoms with Crippen LogP contribution in [0.5, 0.6) is 5.75 Å². The van der Waals surface area contributed by atoms with Gasteiger partial charge in [-0.1, -0.05) is 12.1 Å². The zero-order valence-corrected chi connectivity index (χ0v) is 17.8. The Morgan fingerprint density at radius 2 is 2.00 bits per heavy atom. The van der Waals surface area contributed by atoms with Crippen LogP contribution in [0.25, 0.3) is 22.3 Å². The predicted octanol–water partition coefficient (Wildman–Crippen LogP) is 5.30. The third-order valence-electron chi connectivity index (χ3n) is 4.60. The summed E-state index contributed by atoms with van der Waals surface area (Å²) in [7, 11) is 0. The van der Waals surface area contributed by atoms with Gasteiger partial charge in [-0.2, -0.15) is 13.9 Å². The van der Waals surface area contributed by atoms with Gasteiger partial charge in [0.1, 0.15) is 5.75 Å². The van der Waals surface area contributed by atoms with Crippen molar-refractivity contribution >= 4 is 33.4 Å². The number of carbonyl (C=O) groups is 1. The first-order valence-corrected chi connectivity index (χ1v) is 10.4. The van der Waals surface area contributed by atoms with Crippen LogP contribution in [0, 0.1) is 6.92 Å². The highest BCUT2D eigenvalue weighted by molar-refractivity contribution is 7.14. The molecule has 1 aromatic carbocycles. The van der Waals surface area contributed by atoms with E-state index in [9.17, 15) is 13.6 Å². The average molecular weight is 443 g/mol. The lowest BCUT2D eigenvalue weighted by molar-refractivity contribution is -0.0494. The summed E-state index contributed by atoms with van der Waals surface area (Å²) in [5.74, 6) is -0.337. The van der Waals surface area contributed by atoms with Crippen molar-refractivity contribution in [2.24, 2.45) is 0 Å². The molecule has 3 aromatic heterocycles. The Morgan fingerprint density at radius 3 is 2.74 bits per heavy atom. The smallest absolute Gasteiger partial charge is 0.387 e. The maximum Gasteiger partial charge on any atom is 0.387 e. The highest BCUT2D eigenvalue weighted by Gasteiger charge is 2.18. The van der Waals surface area contributed by atoms with Crippen molar-refractivity contribution in [3.8, 4) is 17.0 Å². The van der Waals surface area contributed by atoms with E-state index in [1.807, 2.05) is 13.8 Å². The molecule has 0 unspecified atom stereocenters. The second-order valence-corrected chi connectivity index (χ2v) is 7.94. The first kappa shape index (κ1) is 20.9. The molecule has 1 amide bonds. The molecule has 0 aliphatic rings. The van der Waals surface area contributed by atoms with E-state index in [1.165, 1.54) is 17.4 Å². The molecule has 0 atom stereocenters. The quantitative estimate of drug-likeness (QED) is 0.437. The molecule has 10 heteroatoms. The number of amides is 1. The Kier molecular flexibility index (Phi) is 5.64. The van der Waals surface area contributed by atoms with Crippen LogP contribution in [-0.2, 0) is 0 Å². The van der Waals surface area contributed by atoms with Gasteiger partial charge in [0.25, 0.3) is 5.91 Å². The van der Waals surface area contributed by atoms with Crippen molar-refractivity contribution in [2.75, 3.05) is 5.32 Å². The number of para-hydroxylation sites is 1. The number of ether oxygens (including phenoxy) is 1. The van der Waals surface area contributed by atoms with Gasteiger partial charge in [-0.3, -0.25) is 10.1 Å². The highest BCUT2D eigenvalue weighted by atomic mass is 32.1. The van der Waals surface area contributed by atoms with E-state index in [-0.39, 0.29) is 17.7 Å². The standard InChI is InChI=1S/C21H19F2N5O2S/c1-11(2)28-18-13(9-24-28)8-15(12(3)25-18)19(29)27-21-26-16(10-31-21)14-6-4-5-7-17(14)30-20(22)23/h4-11,20H,1-3H3,(H,26,27,29). The van der Waals surface area contributed by atoms with Crippen molar-refractivity contribution in [1.29, 1.82) is 0 Å². The number of carbonyl (C=O) groups excluding carboxylic acids is 1. The number of alkyl halides is 2. The second kappa shape index (κ2) is 8.38. The SMILES string of the molecule is Cc1nc2c(cnn2C(C)C)cc1C(=O)Nc1nc(-c2ccccc2OC(F)F)cs1. The van der Waals surface area contributed by atoms with Gasteiger partial charge in [-0.05, 0) is 39.0 Å². The number of nitrogens with one attached hydrogen (secondary N) is 1. The molecule has 7 nitrogen and oxygen atoms in total. The molecule has 0 saturated heterocycles. The van der Waals surface area contributed by atoms with Gasteiger partial charge in [0.15, 0.2) is 10.8 Å². The zero-order chi connectivity index (χ0) is 22.1. The summed E-state index contributed by atoms with van der Waals surface area (Å²) in [6, 6.07) is 8.28. The number of nitrogens with zero attached hydrogens (tertiary/aromatic N) is 4. The van der Waals surface area contributed by atoms with Gasteiger partial charge in [-0.25, -0.2) is 14.6 Å². The fourth-order valence-electron chi connectivity index (χ4n) is 3.17. The number of pyridine rings is 1. The summed E-state index contributed by atoms with van der Waals surface area (Å²) in [6.07, 6.45) is 1.68. The Hall–Kier alpha value is -3.40. The van der Waals surface area contributed by atoms with E-state index in [2.05, 4.69) is 25.1 Å². The largest absolute Gasteiger partial charge is 0.434 e. The number of fused-ring (bicyclic) bond motifs is 1. The molecule has 0 saturated carbocycles. The van der Waals surface area contributed by atoms with Crippen LogP contribution in [0.2, 0.25) is 0 Å². The number of hydrogen-bond donors (Lipinski definition) is 1. The number of anilines is 1. The van der Waals surface area contributed by atoms with Crippen LogP contribution < -0.4 is 10.1 Å². The molecule has 4 rings (SSSR count). The number of rotatable bonds is 6. The van der Waals surface area contributed by atoms with E-state index < -0.39 is 6.61 Å². The van der Waals surface area contributed by atoms with Gasteiger partial charge < -0.3 is 4.74 Å². The second-order valence-electron chi connectivity index (χ2n) is 7.08. The molecule has 0 fully saturated rings. The van der Waals surface area contributed by atoms with Crippen LogP contribution in [0.1, 0.15) is 35.9 Å². The molecule has 0 radical (unpaired) electrons. The summed E-state index contributed by atoms with van der Waals surface area (Å²) in [6.45, 7) is 2.84. The van der Waals surface area contributed by atoms with Crippen LogP contribution in [0.3, 0.4) is 0 Å². The Balaban J connectivity index is 1.58. The van der Waals surface area contributed by atoms with Crippen LogP contribution in [0.15, 0.2) is 41.9 Å². The third-order valence-corrected chi connectivity index (χ3v) is 5.35. The minimum atomic E-state index is -2.94. The molecule has 0 bridgehead atoms. The highest BCUT2D eigenvalue weighted by Crippen LogP contribution is 2.33. The molecule has 0 aliphatic carbocycles. The summed E-state index contributed by atoms with van der Waals surface area (Å²) < 4.78 is 31.7. The van der Waals surface area contributed by atoms with Crippen LogP contribution in [0.4, 0.5) is 13.9 Å². The van der Waals surface area contributed by atoms with Crippen LogP contribution in [-0.4, -0.2) is 32.3 Å². The number of thiazole rings is 1. The van der Waals surface area contributed by atoms with Crippen molar-refractivity contribution in [3.05, 3.63) is 53.2 Å². The Labute approximate surface area is 180 Å².